The number of carbonyl (C=O) groups is 2. The minimum Gasteiger partial charge on any atom is -0.330 e. The van der Waals surface area contributed by atoms with Crippen LogP contribution in [0.2, 0.25) is 0 Å². The van der Waals surface area contributed by atoms with Gasteiger partial charge in [-0.3, -0.25) is 4.79 Å². The Morgan fingerprint density at radius 3 is 2.21 bits per heavy atom. The molecule has 0 unspecified atom stereocenters. The number of carbonyl (C=O) groups excluding carboxylic acids is 2. The van der Waals surface area contributed by atoms with Crippen LogP contribution in [0, 0.1) is 0 Å². The number of hydrogen-bond donors (Lipinski definition) is 0. The molecule has 1 aromatic rings. The van der Waals surface area contributed by atoms with E-state index < -0.39 is 11.5 Å². The third-order valence-corrected chi connectivity index (χ3v) is 1.74. The molecule has 0 bridgehead atoms. The topological polar surface area (TPSA) is 46.6 Å². The Balaban J connectivity index is 3.01. The average molecular weight is 234 g/mol. The third-order valence-electron chi connectivity index (χ3n) is 1.44. The summed E-state index contributed by atoms with van der Waals surface area (Å²) in [6, 6.07) is 8.06. The van der Waals surface area contributed by atoms with Crippen LogP contribution < -0.4 is 4.90 Å². The summed E-state index contributed by atoms with van der Waals surface area (Å²) in [4.78, 5) is 22.5. The summed E-state index contributed by atoms with van der Waals surface area (Å²) in [6.45, 7) is 0. The molecule has 2 amide bonds. The van der Waals surface area contributed by atoms with Gasteiger partial charge in [-0.2, -0.15) is 0 Å². The Labute approximate surface area is 90.1 Å². The molecule has 74 valence electrons. The van der Waals surface area contributed by atoms with Crippen LogP contribution in [0.1, 0.15) is 0 Å². The Kier molecular flexibility index (Phi) is 3.73. The van der Waals surface area contributed by atoms with E-state index in [4.69, 9.17) is 23.5 Å². The second kappa shape index (κ2) is 4.83. The van der Waals surface area contributed by atoms with Crippen molar-refractivity contribution in [3.05, 3.63) is 30.3 Å². The van der Waals surface area contributed by atoms with E-state index in [0.29, 0.717) is 4.90 Å². The van der Waals surface area contributed by atoms with Gasteiger partial charge in [0.25, 0.3) is 0 Å². The van der Waals surface area contributed by atoms with Crippen molar-refractivity contribution in [1.29, 1.82) is 0 Å². The van der Waals surface area contributed by atoms with E-state index in [1.807, 2.05) is 0 Å². The van der Waals surface area contributed by atoms with Crippen molar-refractivity contribution >= 4 is 40.6 Å². The van der Waals surface area contributed by atoms with Gasteiger partial charge in [0.05, 0.1) is 5.69 Å². The van der Waals surface area contributed by atoms with Crippen LogP contribution >= 0.6 is 23.5 Å². The van der Waals surface area contributed by atoms with Gasteiger partial charge in [-0.05, 0) is 23.7 Å². The minimum atomic E-state index is -1.04. The Morgan fingerprint density at radius 2 is 1.79 bits per heavy atom. The van der Waals surface area contributed by atoms with Gasteiger partial charge in [0, 0.05) is 0 Å². The number of rotatable bonds is 1. The molecule has 1 rings (SSSR count). The van der Waals surface area contributed by atoms with E-state index in [2.05, 4.69) is 4.29 Å². The smallest absolute Gasteiger partial charge is 0.330 e. The lowest BCUT2D eigenvalue weighted by atomic mass is 10.3. The van der Waals surface area contributed by atoms with Crippen molar-refractivity contribution in [1.82, 2.24) is 0 Å². The molecule has 0 N–H and O–H groups in total. The Bertz CT molecular complexity index is 342. The summed E-state index contributed by atoms with van der Waals surface area (Å²) in [5.74, 6) is 0. The van der Waals surface area contributed by atoms with Gasteiger partial charge < -0.3 is 4.29 Å². The van der Waals surface area contributed by atoms with Crippen molar-refractivity contribution < 1.29 is 13.9 Å². The van der Waals surface area contributed by atoms with E-state index >= 15 is 0 Å². The maximum absolute atomic E-state index is 11.0. The van der Waals surface area contributed by atoms with Gasteiger partial charge in [-0.15, -0.1) is 0 Å². The zero-order valence-corrected chi connectivity index (χ0v) is 8.33. The zero-order chi connectivity index (χ0) is 10.6. The van der Waals surface area contributed by atoms with E-state index in [0.717, 1.165) is 0 Å². The largest absolute Gasteiger partial charge is 0.440 e. The third kappa shape index (κ3) is 2.37. The van der Waals surface area contributed by atoms with E-state index in [1.165, 1.54) is 12.1 Å². The quantitative estimate of drug-likeness (QED) is 0.553. The van der Waals surface area contributed by atoms with Crippen LogP contribution in [0.15, 0.2) is 30.3 Å². The molecule has 0 aliphatic carbocycles. The van der Waals surface area contributed by atoms with Crippen molar-refractivity contribution in [3.8, 4) is 0 Å². The van der Waals surface area contributed by atoms with Crippen molar-refractivity contribution in [3.63, 3.8) is 0 Å². The lowest BCUT2D eigenvalue weighted by molar-refractivity contribution is 0.211. The number of nitrogens with zero attached hydrogens (tertiary/aromatic N) is 1. The van der Waals surface area contributed by atoms with E-state index in [1.54, 1.807) is 18.2 Å². The molecule has 6 heteroatoms. The number of amides is 2. The molecule has 0 saturated carbocycles. The van der Waals surface area contributed by atoms with Crippen LogP contribution in [-0.2, 0) is 4.29 Å². The Hall–Kier alpha value is -1.26. The number of hydrogen-bond acceptors (Lipinski definition) is 3. The van der Waals surface area contributed by atoms with Crippen molar-refractivity contribution in [2.45, 2.75) is 0 Å². The van der Waals surface area contributed by atoms with E-state index in [9.17, 15) is 9.59 Å². The molecule has 1 aromatic carbocycles. The van der Waals surface area contributed by atoms with Gasteiger partial charge >= 0.3 is 11.5 Å². The summed E-state index contributed by atoms with van der Waals surface area (Å²) >= 11 is 10.0. The van der Waals surface area contributed by atoms with Crippen LogP contribution in [0.25, 0.3) is 0 Å². The average Bonchev–Trinajstić information content (AvgIpc) is 2.19. The molecule has 0 saturated heterocycles. The first-order chi connectivity index (χ1) is 6.66. The first-order valence-corrected chi connectivity index (χ1v) is 4.22. The fourth-order valence-electron chi connectivity index (χ4n) is 0.890. The second-order valence-corrected chi connectivity index (χ2v) is 2.74. The summed E-state index contributed by atoms with van der Waals surface area (Å²) in [7, 11) is 0. The normalized spacial score (nSPS) is 9.29. The van der Waals surface area contributed by atoms with Crippen LogP contribution in [0.3, 0.4) is 0 Å². The highest BCUT2D eigenvalue weighted by molar-refractivity contribution is 6.68. The molecule has 0 atom stereocenters. The lowest BCUT2D eigenvalue weighted by Crippen LogP contribution is -2.31. The molecule has 14 heavy (non-hydrogen) atoms. The molecule has 0 aliphatic heterocycles. The highest BCUT2D eigenvalue weighted by Crippen LogP contribution is 2.16. The first-order valence-electron chi connectivity index (χ1n) is 3.54. The monoisotopic (exact) mass is 233 g/mol. The standard InChI is InChI=1S/C8H5Cl2NO3/c9-7(12)11(8(13)14-10)6-4-2-1-3-5-6/h1-5H. The number of para-hydroxylation sites is 1. The zero-order valence-electron chi connectivity index (χ0n) is 6.81. The van der Waals surface area contributed by atoms with Crippen molar-refractivity contribution in [2.24, 2.45) is 0 Å². The molecule has 0 aliphatic rings. The molecular formula is C8H5Cl2NO3. The summed E-state index contributed by atoms with van der Waals surface area (Å²) in [5.41, 5.74) is 0.290. The maximum atomic E-state index is 11.0. The number of imide groups is 1. The molecular weight excluding hydrogens is 229 g/mol. The second-order valence-electron chi connectivity index (χ2n) is 2.27. The molecule has 0 radical (unpaired) electrons. The number of halogens is 2. The molecule has 0 aromatic heterocycles. The van der Waals surface area contributed by atoms with Gasteiger partial charge in [0.1, 0.15) is 11.9 Å². The highest BCUT2D eigenvalue weighted by Gasteiger charge is 2.22. The predicted molar refractivity (Wildman–Crippen MR) is 52.5 cm³/mol. The number of benzene rings is 1. The van der Waals surface area contributed by atoms with Crippen LogP contribution in [-0.4, -0.2) is 11.5 Å². The maximum Gasteiger partial charge on any atom is 0.440 e. The molecule has 0 heterocycles. The highest BCUT2D eigenvalue weighted by atomic mass is 35.5. The van der Waals surface area contributed by atoms with Gasteiger partial charge in [0.15, 0.2) is 0 Å². The molecule has 0 spiro atoms. The fourth-order valence-corrected chi connectivity index (χ4v) is 1.13. The Morgan fingerprint density at radius 1 is 1.21 bits per heavy atom. The van der Waals surface area contributed by atoms with Crippen LogP contribution in [0.5, 0.6) is 0 Å². The number of anilines is 1. The lowest BCUT2D eigenvalue weighted by Gasteiger charge is -2.14. The van der Waals surface area contributed by atoms with Crippen molar-refractivity contribution in [2.75, 3.05) is 4.90 Å². The molecule has 4 nitrogen and oxygen atoms in total. The fraction of sp³-hybridized carbons (Fsp3) is 0. The van der Waals surface area contributed by atoms with Gasteiger partial charge in [0.2, 0.25) is 0 Å². The van der Waals surface area contributed by atoms with Gasteiger partial charge in [-0.1, -0.05) is 18.2 Å². The SMILES string of the molecule is O=C(Cl)N(C(=O)OCl)c1ccccc1. The van der Waals surface area contributed by atoms with Crippen LogP contribution in [0.4, 0.5) is 15.3 Å². The minimum absolute atomic E-state index is 0.290. The van der Waals surface area contributed by atoms with E-state index in [-0.39, 0.29) is 5.69 Å². The molecule has 0 fully saturated rings. The predicted octanol–water partition coefficient (Wildman–Crippen LogP) is 3.14. The summed E-state index contributed by atoms with van der Waals surface area (Å²) < 4.78 is 3.88. The first kappa shape index (κ1) is 10.8. The summed E-state index contributed by atoms with van der Waals surface area (Å²) in [5, 5.41) is -0.984. The van der Waals surface area contributed by atoms with Gasteiger partial charge in [-0.25, -0.2) is 9.69 Å². The summed E-state index contributed by atoms with van der Waals surface area (Å²) in [6.07, 6.45) is -1.04.